The number of aromatic nitrogens is 2. The zero-order valence-corrected chi connectivity index (χ0v) is 16.1. The van der Waals surface area contributed by atoms with E-state index in [-0.39, 0.29) is 21.9 Å². The van der Waals surface area contributed by atoms with Crippen molar-refractivity contribution >= 4 is 32.4 Å². The highest BCUT2D eigenvalue weighted by Gasteiger charge is 2.31. The molecule has 1 aromatic carbocycles. The van der Waals surface area contributed by atoms with E-state index in [4.69, 9.17) is 0 Å². The normalized spacial score (nSPS) is 17.5. The van der Waals surface area contributed by atoms with Crippen LogP contribution in [0.5, 0.6) is 0 Å². The number of carbonyl (C=O) groups excluding carboxylic acids is 1. The Balaban J connectivity index is 1.55. The molecule has 2 aliphatic rings. The van der Waals surface area contributed by atoms with Gasteiger partial charge in [0.05, 0.1) is 4.90 Å². The third-order valence-electron chi connectivity index (χ3n) is 5.01. The van der Waals surface area contributed by atoms with Gasteiger partial charge in [0.1, 0.15) is 5.01 Å². The number of benzene rings is 1. The fraction of sp³-hybridized carbons (Fsp3) is 0.471. The summed E-state index contributed by atoms with van der Waals surface area (Å²) >= 11 is 1.19. The minimum absolute atomic E-state index is 0.158. The lowest BCUT2D eigenvalue weighted by atomic mass is 9.84. The number of rotatable bonds is 4. The Bertz CT molecular complexity index is 951. The minimum Gasteiger partial charge on any atom is -0.338 e. The summed E-state index contributed by atoms with van der Waals surface area (Å²) < 4.78 is 27.7. The van der Waals surface area contributed by atoms with Crippen LogP contribution in [0.15, 0.2) is 23.1 Å². The Morgan fingerprint density at radius 2 is 2.08 bits per heavy atom. The number of nitrogens with one attached hydrogen (secondary N) is 1. The van der Waals surface area contributed by atoms with Crippen LogP contribution in [-0.2, 0) is 27.8 Å². The third kappa shape index (κ3) is 3.33. The lowest BCUT2D eigenvalue weighted by molar-refractivity contribution is -0.139. The maximum Gasteiger partial charge on any atom is 0.263 e. The summed E-state index contributed by atoms with van der Waals surface area (Å²) in [6, 6.07) is 5.13. The highest BCUT2D eigenvalue weighted by atomic mass is 32.2. The molecule has 2 aromatic rings. The third-order valence-corrected chi connectivity index (χ3v) is 7.23. The van der Waals surface area contributed by atoms with Crippen molar-refractivity contribution < 1.29 is 13.2 Å². The van der Waals surface area contributed by atoms with E-state index in [0.717, 1.165) is 36.8 Å². The van der Waals surface area contributed by atoms with Gasteiger partial charge in [0.15, 0.2) is 0 Å². The molecule has 7 nitrogen and oxygen atoms in total. The van der Waals surface area contributed by atoms with Crippen LogP contribution in [0.25, 0.3) is 0 Å². The maximum absolute atomic E-state index is 12.6. The lowest BCUT2D eigenvalue weighted by Crippen LogP contribution is -2.41. The summed E-state index contributed by atoms with van der Waals surface area (Å²) in [7, 11) is -3.73. The zero-order valence-electron chi connectivity index (χ0n) is 14.4. The molecule has 0 spiro atoms. The van der Waals surface area contributed by atoms with Crippen LogP contribution in [0.4, 0.5) is 5.13 Å². The Kier molecular flexibility index (Phi) is 4.44. The summed E-state index contributed by atoms with van der Waals surface area (Å²) in [5.41, 5.74) is 2.01. The predicted octanol–water partition coefficient (Wildman–Crippen LogP) is 2.33. The highest BCUT2D eigenvalue weighted by Crippen LogP contribution is 2.31. The molecule has 0 unspecified atom stereocenters. The van der Waals surface area contributed by atoms with Gasteiger partial charge in [0.25, 0.3) is 10.0 Å². The Morgan fingerprint density at radius 3 is 2.73 bits per heavy atom. The van der Waals surface area contributed by atoms with E-state index in [9.17, 15) is 13.2 Å². The number of anilines is 1. The standard InChI is InChI=1S/C17H20N4O3S2/c1-11-18-19-17(25-11)20-26(23,24)15-6-5-12-7-8-21(10-14(12)9-15)16(22)13-3-2-4-13/h5-6,9,13H,2-4,7-8,10H2,1H3,(H,19,20). The van der Waals surface area contributed by atoms with Crippen molar-refractivity contribution in [1.82, 2.24) is 15.1 Å². The molecule has 1 aliphatic heterocycles. The van der Waals surface area contributed by atoms with Crippen LogP contribution in [0, 0.1) is 12.8 Å². The molecule has 1 fully saturated rings. The molecule has 1 amide bonds. The molecule has 0 bridgehead atoms. The van der Waals surface area contributed by atoms with E-state index in [0.29, 0.717) is 18.1 Å². The highest BCUT2D eigenvalue weighted by molar-refractivity contribution is 7.93. The topological polar surface area (TPSA) is 92.3 Å². The minimum atomic E-state index is -3.73. The second-order valence-corrected chi connectivity index (χ2v) is 9.66. The lowest BCUT2D eigenvalue weighted by Gasteiger charge is -2.35. The number of fused-ring (bicyclic) bond motifs is 1. The molecule has 0 saturated heterocycles. The van der Waals surface area contributed by atoms with Crippen LogP contribution >= 0.6 is 11.3 Å². The molecule has 0 atom stereocenters. The molecule has 9 heteroatoms. The smallest absolute Gasteiger partial charge is 0.263 e. The van der Waals surface area contributed by atoms with Gasteiger partial charge in [0, 0.05) is 19.0 Å². The van der Waals surface area contributed by atoms with Crippen LogP contribution < -0.4 is 4.72 Å². The molecule has 1 N–H and O–H groups in total. The van der Waals surface area contributed by atoms with Crippen molar-refractivity contribution in [3.8, 4) is 0 Å². The van der Waals surface area contributed by atoms with Gasteiger partial charge in [-0.3, -0.25) is 9.52 Å². The quantitative estimate of drug-likeness (QED) is 0.862. The number of carbonyl (C=O) groups is 1. The molecule has 26 heavy (non-hydrogen) atoms. The van der Waals surface area contributed by atoms with Gasteiger partial charge in [-0.1, -0.05) is 23.8 Å². The first-order valence-electron chi connectivity index (χ1n) is 8.66. The number of amides is 1. The second-order valence-electron chi connectivity index (χ2n) is 6.80. The van der Waals surface area contributed by atoms with Crippen molar-refractivity contribution in [3.63, 3.8) is 0 Å². The number of aryl methyl sites for hydroxylation is 1. The number of hydrogen-bond donors (Lipinski definition) is 1. The van der Waals surface area contributed by atoms with Gasteiger partial charge >= 0.3 is 0 Å². The van der Waals surface area contributed by atoms with Crippen molar-refractivity contribution in [2.24, 2.45) is 5.92 Å². The van der Waals surface area contributed by atoms with Crippen LogP contribution in [-0.4, -0.2) is 36.0 Å². The number of nitrogens with zero attached hydrogens (tertiary/aromatic N) is 3. The van der Waals surface area contributed by atoms with Gasteiger partial charge in [-0.2, -0.15) is 0 Å². The molecule has 138 valence electrons. The van der Waals surface area contributed by atoms with Crippen molar-refractivity contribution in [3.05, 3.63) is 34.3 Å². The van der Waals surface area contributed by atoms with E-state index in [1.54, 1.807) is 19.1 Å². The predicted molar refractivity (Wildman–Crippen MR) is 98.4 cm³/mol. The first kappa shape index (κ1) is 17.4. The van der Waals surface area contributed by atoms with Crippen LogP contribution in [0.2, 0.25) is 0 Å². The molecule has 1 saturated carbocycles. The van der Waals surface area contributed by atoms with Gasteiger partial charge in [-0.15, -0.1) is 10.2 Å². The van der Waals surface area contributed by atoms with E-state index in [1.807, 2.05) is 11.0 Å². The Hall–Kier alpha value is -2.00. The van der Waals surface area contributed by atoms with Crippen LogP contribution in [0.1, 0.15) is 35.4 Å². The average Bonchev–Trinajstić information content (AvgIpc) is 2.96. The first-order valence-corrected chi connectivity index (χ1v) is 11.0. The van der Waals surface area contributed by atoms with E-state index < -0.39 is 10.0 Å². The van der Waals surface area contributed by atoms with E-state index in [2.05, 4.69) is 14.9 Å². The fourth-order valence-corrected chi connectivity index (χ4v) is 5.19. The molecule has 1 aliphatic carbocycles. The van der Waals surface area contributed by atoms with Crippen LogP contribution in [0.3, 0.4) is 0 Å². The van der Waals surface area contributed by atoms with E-state index >= 15 is 0 Å². The summed E-state index contributed by atoms with van der Waals surface area (Å²) in [6.45, 7) is 2.95. The molecule has 4 rings (SSSR count). The number of hydrogen-bond acceptors (Lipinski definition) is 6. The van der Waals surface area contributed by atoms with Crippen molar-refractivity contribution in [2.45, 2.75) is 44.0 Å². The largest absolute Gasteiger partial charge is 0.338 e. The molecular weight excluding hydrogens is 372 g/mol. The maximum atomic E-state index is 12.6. The first-order chi connectivity index (χ1) is 12.4. The molecular formula is C17H20N4O3S2. The van der Waals surface area contributed by atoms with Gasteiger partial charge in [0.2, 0.25) is 11.0 Å². The van der Waals surface area contributed by atoms with E-state index in [1.165, 1.54) is 11.3 Å². The molecule has 0 radical (unpaired) electrons. The Morgan fingerprint density at radius 1 is 1.27 bits per heavy atom. The average molecular weight is 393 g/mol. The fourth-order valence-electron chi connectivity index (χ4n) is 3.31. The zero-order chi connectivity index (χ0) is 18.3. The van der Waals surface area contributed by atoms with Crippen molar-refractivity contribution in [1.29, 1.82) is 0 Å². The van der Waals surface area contributed by atoms with Gasteiger partial charge in [-0.05, 0) is 49.4 Å². The summed E-state index contributed by atoms with van der Waals surface area (Å²) in [6.07, 6.45) is 3.83. The summed E-state index contributed by atoms with van der Waals surface area (Å²) in [4.78, 5) is 14.5. The monoisotopic (exact) mass is 392 g/mol. The summed E-state index contributed by atoms with van der Waals surface area (Å²) in [5.74, 6) is 0.364. The van der Waals surface area contributed by atoms with Gasteiger partial charge in [-0.25, -0.2) is 8.42 Å². The SMILES string of the molecule is Cc1nnc(NS(=O)(=O)c2ccc3c(c2)CN(C(=O)C2CCC2)CC3)s1. The Labute approximate surface area is 156 Å². The molecule has 2 heterocycles. The van der Waals surface area contributed by atoms with Crippen molar-refractivity contribution in [2.75, 3.05) is 11.3 Å². The summed E-state index contributed by atoms with van der Waals surface area (Å²) in [5, 5.41) is 8.58. The second kappa shape index (κ2) is 6.62. The van der Waals surface area contributed by atoms with Gasteiger partial charge < -0.3 is 4.90 Å². The molecule has 1 aromatic heterocycles. The number of sulfonamides is 1.